The van der Waals surface area contributed by atoms with Gasteiger partial charge in [-0.2, -0.15) is 5.10 Å². The fourth-order valence-electron chi connectivity index (χ4n) is 2.92. The van der Waals surface area contributed by atoms with Crippen LogP contribution in [0.5, 0.6) is 5.75 Å². The maximum Gasteiger partial charge on any atom is 0.262 e. The zero-order chi connectivity index (χ0) is 22.0. The summed E-state index contributed by atoms with van der Waals surface area (Å²) in [6, 6.07) is 14.4. The van der Waals surface area contributed by atoms with Crippen LogP contribution >= 0.6 is 23.4 Å². The average molecular weight is 456 g/mol. The molecule has 0 radical (unpaired) electrons. The summed E-state index contributed by atoms with van der Waals surface area (Å²) < 4.78 is 6.71. The second kappa shape index (κ2) is 8.83. The average Bonchev–Trinajstić information content (AvgIpc) is 3.19. The van der Waals surface area contributed by atoms with Gasteiger partial charge in [-0.05, 0) is 37.3 Å². The molecule has 2 aromatic heterocycles. The third kappa shape index (κ3) is 4.42. The van der Waals surface area contributed by atoms with Crippen molar-refractivity contribution in [2.75, 3.05) is 12.4 Å². The maximum absolute atomic E-state index is 12.6. The van der Waals surface area contributed by atoms with E-state index in [0.29, 0.717) is 32.6 Å². The third-order valence-electron chi connectivity index (χ3n) is 4.49. The molecule has 10 heteroatoms. The van der Waals surface area contributed by atoms with Gasteiger partial charge in [-0.15, -0.1) is 0 Å². The number of fused-ring (bicyclic) bond motifs is 1. The number of aromatic amines is 1. The van der Waals surface area contributed by atoms with Crippen molar-refractivity contribution in [3.63, 3.8) is 0 Å². The molecule has 2 N–H and O–H groups in total. The summed E-state index contributed by atoms with van der Waals surface area (Å²) in [5.74, 6) is 0.262. The first kappa shape index (κ1) is 21.0. The van der Waals surface area contributed by atoms with Gasteiger partial charge in [0.25, 0.3) is 5.56 Å². The smallest absolute Gasteiger partial charge is 0.262 e. The van der Waals surface area contributed by atoms with E-state index in [1.54, 1.807) is 29.8 Å². The fraction of sp³-hybridized carbons (Fsp3) is 0.143. The van der Waals surface area contributed by atoms with Crippen molar-refractivity contribution < 1.29 is 9.53 Å². The van der Waals surface area contributed by atoms with E-state index < -0.39 is 5.25 Å². The van der Waals surface area contributed by atoms with Crippen LogP contribution in [0.15, 0.2) is 64.7 Å². The molecule has 1 atom stereocenters. The van der Waals surface area contributed by atoms with Crippen LogP contribution in [0.1, 0.15) is 6.92 Å². The molecule has 0 aliphatic heterocycles. The molecule has 0 saturated heterocycles. The second-order valence-corrected chi connectivity index (χ2v) is 8.34. The molecule has 0 bridgehead atoms. The molecule has 0 aliphatic carbocycles. The van der Waals surface area contributed by atoms with Crippen LogP contribution < -0.4 is 15.6 Å². The molecule has 158 valence electrons. The van der Waals surface area contributed by atoms with Crippen LogP contribution in [-0.2, 0) is 4.79 Å². The molecular weight excluding hydrogens is 438 g/mol. The Hall–Kier alpha value is -3.30. The fourth-order valence-corrected chi connectivity index (χ4v) is 3.97. The number of benzene rings is 2. The number of thioether (sulfide) groups is 1. The predicted octanol–water partition coefficient (Wildman–Crippen LogP) is 3.89. The number of aromatic nitrogens is 4. The van der Waals surface area contributed by atoms with Gasteiger partial charge >= 0.3 is 0 Å². The highest BCUT2D eigenvalue weighted by Crippen LogP contribution is 2.28. The number of H-pyrrole nitrogens is 1. The Bertz CT molecular complexity index is 1310. The number of carbonyl (C=O) groups is 1. The number of hydrogen-bond acceptors (Lipinski definition) is 6. The molecule has 0 aliphatic rings. The molecule has 0 spiro atoms. The number of amides is 1. The largest absolute Gasteiger partial charge is 0.495 e. The van der Waals surface area contributed by atoms with Crippen molar-refractivity contribution in [3.05, 3.63) is 70.1 Å². The second-order valence-electron chi connectivity index (χ2n) is 6.60. The van der Waals surface area contributed by atoms with E-state index in [1.165, 1.54) is 13.3 Å². The summed E-state index contributed by atoms with van der Waals surface area (Å²) in [5, 5.41) is 7.64. The lowest BCUT2D eigenvalue weighted by molar-refractivity contribution is -0.115. The van der Waals surface area contributed by atoms with E-state index >= 15 is 0 Å². The summed E-state index contributed by atoms with van der Waals surface area (Å²) in [5.41, 5.74) is 1.44. The number of hydrogen-bond donors (Lipinski definition) is 2. The van der Waals surface area contributed by atoms with E-state index in [4.69, 9.17) is 16.3 Å². The van der Waals surface area contributed by atoms with E-state index in [-0.39, 0.29) is 11.5 Å². The number of nitrogens with zero attached hydrogens (tertiary/aromatic N) is 3. The van der Waals surface area contributed by atoms with Gasteiger partial charge in [0.1, 0.15) is 11.1 Å². The first-order valence-corrected chi connectivity index (χ1v) is 10.6. The predicted molar refractivity (Wildman–Crippen MR) is 121 cm³/mol. The number of anilines is 1. The highest BCUT2D eigenvalue weighted by molar-refractivity contribution is 8.00. The quantitative estimate of drug-likeness (QED) is 0.338. The van der Waals surface area contributed by atoms with Crippen molar-refractivity contribution >= 4 is 46.0 Å². The molecule has 1 amide bonds. The minimum absolute atomic E-state index is 0.259. The molecule has 0 saturated carbocycles. The number of carbonyl (C=O) groups excluding carboxylic acids is 1. The van der Waals surface area contributed by atoms with Crippen molar-refractivity contribution in [3.8, 4) is 11.4 Å². The van der Waals surface area contributed by atoms with Crippen molar-refractivity contribution in [2.45, 2.75) is 17.3 Å². The Morgan fingerprint density at radius 2 is 2.03 bits per heavy atom. The van der Waals surface area contributed by atoms with Gasteiger partial charge in [0.15, 0.2) is 10.8 Å². The van der Waals surface area contributed by atoms with Gasteiger partial charge in [-0.1, -0.05) is 41.6 Å². The molecule has 2 heterocycles. The van der Waals surface area contributed by atoms with E-state index in [0.717, 1.165) is 17.4 Å². The van der Waals surface area contributed by atoms with Gasteiger partial charge in [0, 0.05) is 5.69 Å². The normalized spacial score (nSPS) is 12.0. The Balaban J connectivity index is 1.55. The number of rotatable bonds is 6. The van der Waals surface area contributed by atoms with Crippen LogP contribution in [-0.4, -0.2) is 38.0 Å². The lowest BCUT2D eigenvalue weighted by atomic mass is 10.3. The first-order valence-electron chi connectivity index (χ1n) is 9.31. The first-order chi connectivity index (χ1) is 15.0. The topological polar surface area (TPSA) is 102 Å². The Labute approximate surface area is 186 Å². The molecule has 1 unspecified atom stereocenters. The number of para-hydroxylation sites is 1. The van der Waals surface area contributed by atoms with Crippen LogP contribution in [0, 0.1) is 0 Å². The highest BCUT2D eigenvalue weighted by Gasteiger charge is 2.19. The zero-order valence-electron chi connectivity index (χ0n) is 16.6. The summed E-state index contributed by atoms with van der Waals surface area (Å²) in [4.78, 5) is 32.4. The number of ether oxygens (including phenoxy) is 1. The van der Waals surface area contributed by atoms with Crippen LogP contribution in [0.2, 0.25) is 5.02 Å². The van der Waals surface area contributed by atoms with Crippen LogP contribution in [0.25, 0.3) is 16.7 Å². The zero-order valence-corrected chi connectivity index (χ0v) is 18.2. The SMILES string of the molecule is COc1ccc(NC(=O)C(C)Sc2nc3c(cnn3-c3ccccc3)c(=O)[nH]2)cc1Cl. The molecule has 4 aromatic rings. The molecule has 0 fully saturated rings. The number of halogens is 1. The molecule has 31 heavy (non-hydrogen) atoms. The van der Waals surface area contributed by atoms with E-state index in [1.807, 2.05) is 30.3 Å². The monoisotopic (exact) mass is 455 g/mol. The molecule has 2 aromatic carbocycles. The van der Waals surface area contributed by atoms with Gasteiger partial charge < -0.3 is 15.0 Å². The summed E-state index contributed by atoms with van der Waals surface area (Å²) >= 11 is 7.25. The van der Waals surface area contributed by atoms with Crippen molar-refractivity contribution in [1.29, 1.82) is 0 Å². The number of methoxy groups -OCH3 is 1. The van der Waals surface area contributed by atoms with E-state index in [9.17, 15) is 9.59 Å². The maximum atomic E-state index is 12.6. The Morgan fingerprint density at radius 1 is 1.26 bits per heavy atom. The highest BCUT2D eigenvalue weighted by atomic mass is 35.5. The van der Waals surface area contributed by atoms with E-state index in [2.05, 4.69) is 20.4 Å². The lowest BCUT2D eigenvalue weighted by Gasteiger charge is -2.12. The minimum atomic E-state index is -0.533. The minimum Gasteiger partial charge on any atom is -0.495 e. The summed E-state index contributed by atoms with van der Waals surface area (Å²) in [6.07, 6.45) is 1.48. The standard InChI is InChI=1S/C21H18ClN5O3S/c1-12(19(28)24-13-8-9-17(30-2)16(22)10-13)31-21-25-18-15(20(29)26-21)11-23-27(18)14-6-4-3-5-7-14/h3-12H,1-2H3,(H,24,28)(H,25,26,29). The molecular formula is C21H18ClN5O3S. The molecule has 4 rings (SSSR count). The summed E-state index contributed by atoms with van der Waals surface area (Å²) in [7, 11) is 1.52. The van der Waals surface area contributed by atoms with Crippen molar-refractivity contribution in [2.24, 2.45) is 0 Å². The number of nitrogens with one attached hydrogen (secondary N) is 2. The Morgan fingerprint density at radius 3 is 2.74 bits per heavy atom. The van der Waals surface area contributed by atoms with Gasteiger partial charge in [0.2, 0.25) is 5.91 Å². The van der Waals surface area contributed by atoms with Crippen LogP contribution in [0.4, 0.5) is 5.69 Å². The van der Waals surface area contributed by atoms with Gasteiger partial charge in [0.05, 0.1) is 29.3 Å². The third-order valence-corrected chi connectivity index (χ3v) is 5.77. The Kier molecular flexibility index (Phi) is 5.97. The molecule has 8 nitrogen and oxygen atoms in total. The van der Waals surface area contributed by atoms with Crippen LogP contribution in [0.3, 0.4) is 0 Å². The van der Waals surface area contributed by atoms with Crippen molar-refractivity contribution in [1.82, 2.24) is 19.7 Å². The summed E-state index contributed by atoms with van der Waals surface area (Å²) in [6.45, 7) is 1.73. The van der Waals surface area contributed by atoms with Gasteiger partial charge in [-0.25, -0.2) is 9.67 Å². The van der Waals surface area contributed by atoms with Gasteiger partial charge in [-0.3, -0.25) is 9.59 Å². The lowest BCUT2D eigenvalue weighted by Crippen LogP contribution is -2.23.